The number of methoxy groups -OCH3 is 1. The lowest BCUT2D eigenvalue weighted by atomic mass is 9.68. The first-order valence-corrected chi connectivity index (χ1v) is 12.0. The van der Waals surface area contributed by atoms with Crippen molar-refractivity contribution >= 4 is 17.5 Å². The third-order valence-electron chi connectivity index (χ3n) is 7.33. The van der Waals surface area contributed by atoms with Crippen LogP contribution in [0.5, 0.6) is 0 Å². The number of ether oxygens (including phenoxy) is 4. The predicted octanol–water partition coefficient (Wildman–Crippen LogP) is 3.96. The molecule has 0 aromatic rings. The maximum absolute atomic E-state index is 12.6. The highest BCUT2D eigenvalue weighted by Crippen LogP contribution is 2.59. The van der Waals surface area contributed by atoms with Crippen LogP contribution in [0.15, 0.2) is 11.6 Å². The third-order valence-corrected chi connectivity index (χ3v) is 7.33. The van der Waals surface area contributed by atoms with Gasteiger partial charge in [-0.1, -0.05) is 32.4 Å². The fourth-order valence-electron chi connectivity index (χ4n) is 5.16. The van der Waals surface area contributed by atoms with E-state index in [1.165, 1.54) is 5.57 Å². The number of hydrogen-bond acceptors (Lipinski definition) is 7. The highest BCUT2D eigenvalue weighted by Gasteiger charge is 2.72. The quantitative estimate of drug-likeness (QED) is 0.209. The van der Waals surface area contributed by atoms with Gasteiger partial charge in [0.2, 0.25) is 0 Å². The molecule has 186 valence electrons. The van der Waals surface area contributed by atoms with E-state index in [-0.39, 0.29) is 54.6 Å². The van der Waals surface area contributed by atoms with E-state index in [1.807, 2.05) is 20.8 Å². The van der Waals surface area contributed by atoms with Gasteiger partial charge in [-0.25, -0.2) is 0 Å². The Bertz CT molecular complexity index is 800. The second kappa shape index (κ2) is 9.59. The lowest BCUT2D eigenvalue weighted by Crippen LogP contribution is -2.55. The van der Waals surface area contributed by atoms with Crippen LogP contribution in [0.4, 0.5) is 0 Å². The molecule has 3 rings (SSSR count). The molecule has 7 heteroatoms. The SMILES string of the molecule is CO[C@@H]1[C@H](OC(=O)CC(=O)CCC(=O)C(C)(C)C)CC[C@]2(CO2)[C@H]1[C@@]1(C)O[C@@H]1CC=C(C)C. The Labute approximate surface area is 197 Å². The molecule has 0 N–H and O–H groups in total. The summed E-state index contributed by atoms with van der Waals surface area (Å²) in [6.45, 7) is 12.4. The average Bonchev–Trinajstić information content (AvgIpc) is 3.62. The summed E-state index contributed by atoms with van der Waals surface area (Å²) in [6, 6.07) is 0. The minimum absolute atomic E-state index is 0.00820. The molecule has 0 aromatic heterocycles. The lowest BCUT2D eigenvalue weighted by molar-refractivity contribution is -0.172. The minimum atomic E-state index is -0.565. The molecule has 0 bridgehead atoms. The van der Waals surface area contributed by atoms with Gasteiger partial charge in [-0.2, -0.15) is 0 Å². The third kappa shape index (κ3) is 5.92. The second-order valence-electron chi connectivity index (χ2n) is 11.3. The van der Waals surface area contributed by atoms with Gasteiger partial charge in [-0.05, 0) is 40.0 Å². The first-order valence-electron chi connectivity index (χ1n) is 12.0. The van der Waals surface area contributed by atoms with Gasteiger partial charge < -0.3 is 18.9 Å². The van der Waals surface area contributed by atoms with Crippen molar-refractivity contribution < 1.29 is 33.3 Å². The molecule has 0 unspecified atom stereocenters. The van der Waals surface area contributed by atoms with Crippen molar-refractivity contribution in [2.24, 2.45) is 11.3 Å². The topological polar surface area (TPSA) is 94.7 Å². The van der Waals surface area contributed by atoms with Crippen molar-refractivity contribution in [1.82, 2.24) is 0 Å². The van der Waals surface area contributed by atoms with E-state index in [4.69, 9.17) is 18.9 Å². The van der Waals surface area contributed by atoms with Crippen molar-refractivity contribution in [1.29, 1.82) is 0 Å². The Morgan fingerprint density at radius 3 is 2.36 bits per heavy atom. The van der Waals surface area contributed by atoms with Crippen LogP contribution in [0.3, 0.4) is 0 Å². The molecular weight excluding hydrogens is 424 g/mol. The zero-order valence-electron chi connectivity index (χ0n) is 21.2. The van der Waals surface area contributed by atoms with Gasteiger partial charge in [0, 0.05) is 25.4 Å². The van der Waals surface area contributed by atoms with E-state index in [1.54, 1.807) is 7.11 Å². The number of esters is 1. The second-order valence-corrected chi connectivity index (χ2v) is 11.3. The van der Waals surface area contributed by atoms with Crippen molar-refractivity contribution in [3.8, 4) is 0 Å². The number of rotatable bonds is 10. The molecule has 7 nitrogen and oxygen atoms in total. The van der Waals surface area contributed by atoms with Crippen molar-refractivity contribution in [2.45, 2.75) is 110 Å². The zero-order chi connectivity index (χ0) is 24.6. The first-order chi connectivity index (χ1) is 15.3. The average molecular weight is 465 g/mol. The number of epoxide rings is 2. The first kappa shape index (κ1) is 26.0. The maximum Gasteiger partial charge on any atom is 0.313 e. The smallest absolute Gasteiger partial charge is 0.313 e. The molecule has 0 aromatic carbocycles. The molecule has 0 radical (unpaired) electrons. The van der Waals surface area contributed by atoms with Gasteiger partial charge in [0.15, 0.2) is 0 Å². The van der Waals surface area contributed by atoms with Crippen LogP contribution in [0.25, 0.3) is 0 Å². The van der Waals surface area contributed by atoms with Crippen LogP contribution >= 0.6 is 0 Å². The Morgan fingerprint density at radius 2 is 1.82 bits per heavy atom. The Hall–Kier alpha value is -1.57. The molecule has 1 aliphatic carbocycles. The molecule has 3 fully saturated rings. The molecule has 33 heavy (non-hydrogen) atoms. The molecule has 6 atom stereocenters. The maximum atomic E-state index is 12.6. The minimum Gasteiger partial charge on any atom is -0.459 e. The van der Waals surface area contributed by atoms with E-state index >= 15 is 0 Å². The van der Waals surface area contributed by atoms with Gasteiger partial charge in [-0.15, -0.1) is 0 Å². The van der Waals surface area contributed by atoms with E-state index < -0.39 is 23.1 Å². The lowest BCUT2D eigenvalue weighted by Gasteiger charge is -2.42. The Balaban J connectivity index is 1.60. The summed E-state index contributed by atoms with van der Waals surface area (Å²) >= 11 is 0. The molecule has 2 heterocycles. The summed E-state index contributed by atoms with van der Waals surface area (Å²) in [7, 11) is 1.63. The molecule has 1 saturated carbocycles. The van der Waals surface area contributed by atoms with Gasteiger partial charge in [0.05, 0.1) is 18.6 Å². The number of Topliss-reactive ketones (excluding diaryl/α,β-unsaturated/α-hetero) is 2. The van der Waals surface area contributed by atoms with Gasteiger partial charge in [-0.3, -0.25) is 14.4 Å². The van der Waals surface area contributed by atoms with E-state index in [0.717, 1.165) is 12.8 Å². The number of hydrogen-bond donors (Lipinski definition) is 0. The predicted molar refractivity (Wildman–Crippen MR) is 123 cm³/mol. The summed E-state index contributed by atoms with van der Waals surface area (Å²) in [4.78, 5) is 36.9. The molecule has 3 aliphatic rings. The van der Waals surface area contributed by atoms with Crippen LogP contribution in [-0.2, 0) is 33.3 Å². The summed E-state index contributed by atoms with van der Waals surface area (Å²) in [5.41, 5.74) is 0.0609. The summed E-state index contributed by atoms with van der Waals surface area (Å²) in [5, 5.41) is 0. The van der Waals surface area contributed by atoms with Gasteiger partial charge in [0.1, 0.15) is 41.4 Å². The summed E-state index contributed by atoms with van der Waals surface area (Å²) in [6.07, 6.45) is 3.50. The molecule has 0 amide bonds. The number of carbonyl (C=O) groups excluding carboxylic acids is 3. The van der Waals surface area contributed by atoms with E-state index in [2.05, 4.69) is 26.8 Å². The normalized spacial score (nSPS) is 35.1. The largest absolute Gasteiger partial charge is 0.459 e. The zero-order valence-corrected chi connectivity index (χ0v) is 21.2. The van der Waals surface area contributed by atoms with Crippen LogP contribution in [0, 0.1) is 11.3 Å². The summed E-state index contributed by atoms with van der Waals surface area (Å²) < 4.78 is 23.7. The highest BCUT2D eigenvalue weighted by atomic mass is 16.6. The Kier molecular flexibility index (Phi) is 7.57. The molecule has 2 saturated heterocycles. The number of carbonyl (C=O) groups is 3. The molecule has 2 aliphatic heterocycles. The van der Waals surface area contributed by atoms with Gasteiger partial charge >= 0.3 is 5.97 Å². The summed E-state index contributed by atoms with van der Waals surface area (Å²) in [5.74, 6) is -0.893. The molecular formula is C26H40O7. The van der Waals surface area contributed by atoms with Crippen LogP contribution in [0.1, 0.15) is 80.1 Å². The van der Waals surface area contributed by atoms with Gasteiger partial charge in [0.25, 0.3) is 0 Å². The Morgan fingerprint density at radius 1 is 1.15 bits per heavy atom. The number of ketones is 2. The standard InChI is InChI=1S/C26H40O7/c1-16(2)8-11-20-25(6,33-20)23-22(30-7)18(12-13-26(23)15-31-26)32-21(29)14-17(27)9-10-19(28)24(3,4)5/h8,18,20,22-23H,9-15H2,1-7H3/t18-,20-,22-,23-,25+,26+/m1/s1. The van der Waals surface area contributed by atoms with Crippen molar-refractivity contribution in [3.63, 3.8) is 0 Å². The fraction of sp³-hybridized carbons (Fsp3) is 0.808. The monoisotopic (exact) mass is 464 g/mol. The van der Waals surface area contributed by atoms with Crippen molar-refractivity contribution in [2.75, 3.05) is 13.7 Å². The number of allylic oxidation sites excluding steroid dienone is 1. The molecule has 1 spiro atoms. The van der Waals surface area contributed by atoms with E-state index in [9.17, 15) is 14.4 Å². The van der Waals surface area contributed by atoms with E-state index in [0.29, 0.717) is 13.0 Å². The van der Waals surface area contributed by atoms with Crippen LogP contribution < -0.4 is 0 Å². The van der Waals surface area contributed by atoms with Crippen LogP contribution in [-0.4, -0.2) is 60.8 Å². The van der Waals surface area contributed by atoms with Crippen molar-refractivity contribution in [3.05, 3.63) is 11.6 Å². The van der Waals surface area contributed by atoms with Crippen LogP contribution in [0.2, 0.25) is 0 Å². The highest BCUT2D eigenvalue weighted by molar-refractivity contribution is 5.97. The fourth-order valence-corrected chi connectivity index (χ4v) is 5.16.